The number of hydrogen-bond acceptors (Lipinski definition) is 2. The molecule has 0 saturated carbocycles. The summed E-state index contributed by atoms with van der Waals surface area (Å²) >= 11 is 0. The molecule has 0 aliphatic rings. The molecule has 0 aromatic rings. The van der Waals surface area contributed by atoms with Crippen molar-refractivity contribution in [3.8, 4) is 0 Å². The third-order valence-electron chi connectivity index (χ3n) is 1.70. The van der Waals surface area contributed by atoms with Crippen LogP contribution in [0.1, 0.15) is 20.3 Å². The summed E-state index contributed by atoms with van der Waals surface area (Å²) in [6.07, 6.45) is 1.00. The Morgan fingerprint density at radius 1 is 1.58 bits per heavy atom. The van der Waals surface area contributed by atoms with E-state index in [1.807, 2.05) is 25.9 Å². The van der Waals surface area contributed by atoms with E-state index in [1.165, 1.54) is 0 Å². The van der Waals surface area contributed by atoms with E-state index in [4.69, 9.17) is 0 Å². The molecule has 0 aromatic heterocycles. The van der Waals surface area contributed by atoms with E-state index in [-0.39, 0.29) is 12.1 Å². The highest BCUT2D eigenvalue weighted by atomic mass is 16.1. The van der Waals surface area contributed by atoms with Gasteiger partial charge in [0.2, 0.25) is 6.17 Å². The van der Waals surface area contributed by atoms with Crippen molar-refractivity contribution in [2.45, 2.75) is 26.4 Å². The first-order chi connectivity index (χ1) is 5.49. The monoisotopic (exact) mass is 170 g/mol. The van der Waals surface area contributed by atoms with Crippen molar-refractivity contribution in [1.82, 2.24) is 10.2 Å². The average molecular weight is 170 g/mol. The number of nitrogens with one attached hydrogen (secondary N) is 1. The molecule has 0 rings (SSSR count). The SMILES string of the molecule is C=C(C)C(=O)NC(CC)[N+](C)C. The molecule has 0 spiro atoms. The zero-order valence-corrected chi connectivity index (χ0v) is 8.35. The van der Waals surface area contributed by atoms with Crippen LogP contribution in [-0.2, 0) is 4.79 Å². The Bertz CT molecular complexity index is 175. The fraction of sp³-hybridized carbons (Fsp3) is 0.667. The molecule has 0 aromatic carbocycles. The summed E-state index contributed by atoms with van der Waals surface area (Å²) in [5.41, 5.74) is 0.551. The van der Waals surface area contributed by atoms with Crippen LogP contribution in [-0.4, -0.2) is 26.2 Å². The van der Waals surface area contributed by atoms with E-state index in [0.717, 1.165) is 6.42 Å². The Hall–Kier alpha value is -0.830. The van der Waals surface area contributed by atoms with Crippen LogP contribution in [0.4, 0.5) is 0 Å². The van der Waals surface area contributed by atoms with E-state index in [2.05, 4.69) is 11.9 Å². The highest BCUT2D eigenvalue weighted by Crippen LogP contribution is 1.94. The van der Waals surface area contributed by atoms with Crippen LogP contribution < -0.4 is 10.2 Å². The van der Waals surface area contributed by atoms with Gasteiger partial charge in [-0.05, 0) is 6.92 Å². The van der Waals surface area contributed by atoms with Crippen LogP contribution in [0.5, 0.6) is 0 Å². The standard InChI is InChI=1S/C9H18N2O/c1-6-8(11(4)5)10-9(12)7(2)3/h8H,2,6H2,1,3-5H3,(H,10,12)/q+1. The Kier molecular flexibility index (Phi) is 4.59. The van der Waals surface area contributed by atoms with Crippen molar-refractivity contribution >= 4 is 5.91 Å². The van der Waals surface area contributed by atoms with E-state index < -0.39 is 0 Å². The maximum absolute atomic E-state index is 11.2. The van der Waals surface area contributed by atoms with Crippen molar-refractivity contribution in [3.63, 3.8) is 0 Å². The van der Waals surface area contributed by atoms with Gasteiger partial charge in [0.05, 0.1) is 0 Å². The summed E-state index contributed by atoms with van der Waals surface area (Å²) in [6, 6.07) is 0. The number of nitrogens with zero attached hydrogens (tertiary/aromatic N) is 1. The van der Waals surface area contributed by atoms with Gasteiger partial charge in [-0.25, -0.2) is 0 Å². The van der Waals surface area contributed by atoms with E-state index >= 15 is 0 Å². The number of rotatable bonds is 4. The molecule has 0 saturated heterocycles. The normalized spacial score (nSPS) is 12.8. The van der Waals surface area contributed by atoms with Gasteiger partial charge < -0.3 is 0 Å². The molecule has 69 valence electrons. The largest absolute Gasteiger partial charge is 0.299 e. The Morgan fingerprint density at radius 2 is 2.08 bits per heavy atom. The van der Waals surface area contributed by atoms with Gasteiger partial charge >= 0.3 is 0 Å². The van der Waals surface area contributed by atoms with Crippen molar-refractivity contribution < 1.29 is 4.79 Å². The molecular formula is C9H18N2O+. The Balaban J connectivity index is 4.03. The van der Waals surface area contributed by atoms with E-state index in [0.29, 0.717) is 5.57 Å². The second-order valence-electron chi connectivity index (χ2n) is 3.14. The zero-order valence-electron chi connectivity index (χ0n) is 8.35. The average Bonchev–Trinajstić information content (AvgIpc) is 1.98. The summed E-state index contributed by atoms with van der Waals surface area (Å²) in [4.78, 5) is 13.2. The van der Waals surface area contributed by atoms with Gasteiger partial charge in [0.25, 0.3) is 5.91 Å². The summed E-state index contributed by atoms with van der Waals surface area (Å²) < 4.78 is 0. The third-order valence-corrected chi connectivity index (χ3v) is 1.70. The van der Waals surface area contributed by atoms with Crippen LogP contribution >= 0.6 is 0 Å². The molecule has 1 unspecified atom stereocenters. The van der Waals surface area contributed by atoms with Crippen molar-refractivity contribution in [2.24, 2.45) is 0 Å². The molecule has 0 heterocycles. The number of amides is 1. The van der Waals surface area contributed by atoms with Crippen LogP contribution in [0.15, 0.2) is 12.2 Å². The number of hydrogen-bond donors (Lipinski definition) is 1. The van der Waals surface area contributed by atoms with Gasteiger partial charge in [-0.15, -0.1) is 0 Å². The molecule has 0 aliphatic heterocycles. The van der Waals surface area contributed by atoms with Crippen molar-refractivity contribution in [1.29, 1.82) is 0 Å². The predicted molar refractivity (Wildman–Crippen MR) is 51.0 cm³/mol. The minimum absolute atomic E-state index is 0.0736. The first-order valence-corrected chi connectivity index (χ1v) is 4.11. The predicted octanol–water partition coefficient (Wildman–Crippen LogP) is 0.815. The summed E-state index contributed by atoms with van der Waals surface area (Å²) in [5, 5.41) is 2.85. The molecule has 1 radical (unpaired) electrons. The van der Waals surface area contributed by atoms with Gasteiger partial charge in [-0.2, -0.15) is 4.90 Å². The number of carbonyl (C=O) groups is 1. The van der Waals surface area contributed by atoms with Crippen molar-refractivity contribution in [2.75, 3.05) is 14.1 Å². The Morgan fingerprint density at radius 3 is 2.33 bits per heavy atom. The van der Waals surface area contributed by atoms with Gasteiger partial charge in [-0.3, -0.25) is 10.1 Å². The maximum Gasteiger partial charge on any atom is 0.250 e. The summed E-state index contributed by atoms with van der Waals surface area (Å²) in [7, 11) is 3.87. The van der Waals surface area contributed by atoms with Gasteiger partial charge in [-0.1, -0.05) is 13.5 Å². The van der Waals surface area contributed by atoms with E-state index in [1.54, 1.807) is 6.92 Å². The molecule has 0 fully saturated rings. The molecule has 1 amide bonds. The Labute approximate surface area is 74.4 Å². The maximum atomic E-state index is 11.2. The topological polar surface area (TPSA) is 35.0 Å². The molecule has 1 atom stereocenters. The van der Waals surface area contributed by atoms with Crippen LogP contribution in [0, 0.1) is 0 Å². The van der Waals surface area contributed by atoms with Gasteiger partial charge in [0, 0.05) is 12.0 Å². The lowest BCUT2D eigenvalue weighted by Gasteiger charge is -2.15. The first-order valence-electron chi connectivity index (χ1n) is 4.11. The highest BCUT2D eigenvalue weighted by Gasteiger charge is 2.18. The second-order valence-corrected chi connectivity index (χ2v) is 3.14. The molecule has 0 aliphatic carbocycles. The third kappa shape index (κ3) is 3.53. The van der Waals surface area contributed by atoms with Crippen LogP contribution in [0.2, 0.25) is 0 Å². The fourth-order valence-electron chi connectivity index (χ4n) is 0.871. The smallest absolute Gasteiger partial charge is 0.250 e. The van der Waals surface area contributed by atoms with Gasteiger partial charge in [0.1, 0.15) is 14.1 Å². The second kappa shape index (κ2) is 4.93. The molecule has 0 bridgehead atoms. The molecule has 1 N–H and O–H groups in total. The van der Waals surface area contributed by atoms with Crippen LogP contribution in [0.25, 0.3) is 0 Å². The van der Waals surface area contributed by atoms with Crippen LogP contribution in [0.3, 0.4) is 0 Å². The van der Waals surface area contributed by atoms with Crippen molar-refractivity contribution in [3.05, 3.63) is 12.2 Å². The minimum atomic E-state index is -0.0736. The summed E-state index contributed by atoms with van der Waals surface area (Å²) in [5.74, 6) is -0.0736. The lowest BCUT2D eigenvalue weighted by molar-refractivity contribution is -0.118. The van der Waals surface area contributed by atoms with Gasteiger partial charge in [0.15, 0.2) is 0 Å². The molecular weight excluding hydrogens is 152 g/mol. The van der Waals surface area contributed by atoms with E-state index in [9.17, 15) is 4.79 Å². The first kappa shape index (κ1) is 11.2. The molecule has 3 nitrogen and oxygen atoms in total. The molecule has 12 heavy (non-hydrogen) atoms. The number of carbonyl (C=O) groups excluding carboxylic acids is 1. The molecule has 3 heteroatoms. The summed E-state index contributed by atoms with van der Waals surface area (Å²) in [6.45, 7) is 7.31. The minimum Gasteiger partial charge on any atom is -0.299 e. The quantitative estimate of drug-likeness (QED) is 0.378. The highest BCUT2D eigenvalue weighted by molar-refractivity contribution is 5.92. The lowest BCUT2D eigenvalue weighted by Crippen LogP contribution is -2.47. The lowest BCUT2D eigenvalue weighted by atomic mass is 10.3. The zero-order chi connectivity index (χ0) is 9.72. The fourth-order valence-corrected chi connectivity index (χ4v) is 0.871.